The Morgan fingerprint density at radius 2 is 1.67 bits per heavy atom. The minimum absolute atomic E-state index is 0.0901. The lowest BCUT2D eigenvalue weighted by Gasteiger charge is -2.25. The van der Waals surface area contributed by atoms with E-state index in [-0.39, 0.29) is 18.3 Å². The Bertz CT molecular complexity index is 922. The van der Waals surface area contributed by atoms with Gasteiger partial charge >= 0.3 is 0 Å². The third-order valence-corrected chi connectivity index (χ3v) is 4.21. The molecule has 0 aliphatic rings. The molecule has 27 heavy (non-hydrogen) atoms. The average Bonchev–Trinajstić information content (AvgIpc) is 3.11. The molecular weight excluding hydrogens is 389 g/mol. The molecule has 0 aliphatic heterocycles. The zero-order valence-electron chi connectivity index (χ0n) is 14.7. The van der Waals surface area contributed by atoms with Crippen LogP contribution < -0.4 is 10.1 Å². The van der Waals surface area contributed by atoms with Gasteiger partial charge in [-0.05, 0) is 62.4 Å². The van der Waals surface area contributed by atoms with Gasteiger partial charge in [-0.25, -0.2) is 0 Å². The van der Waals surface area contributed by atoms with Gasteiger partial charge in [-0.3, -0.25) is 4.79 Å². The summed E-state index contributed by atoms with van der Waals surface area (Å²) in [6.07, 6.45) is 0. The third kappa shape index (κ3) is 4.99. The van der Waals surface area contributed by atoms with E-state index in [1.807, 2.05) is 0 Å². The fraction of sp³-hybridized carbons (Fsp3) is 0.211. The molecule has 3 aromatic rings. The number of carbonyl (C=O) groups excluding carboxylic acids is 1. The van der Waals surface area contributed by atoms with Gasteiger partial charge in [0.25, 0.3) is 5.91 Å². The number of rotatable bonds is 6. The Kier molecular flexibility index (Phi) is 5.68. The molecule has 1 aromatic heterocycles. The van der Waals surface area contributed by atoms with E-state index >= 15 is 0 Å². The van der Waals surface area contributed by atoms with E-state index in [2.05, 4.69) is 15.5 Å². The van der Waals surface area contributed by atoms with Crippen LogP contribution in [0.15, 0.2) is 53.1 Å². The van der Waals surface area contributed by atoms with Gasteiger partial charge in [-0.2, -0.15) is 4.98 Å². The highest BCUT2D eigenvalue weighted by molar-refractivity contribution is 6.30. The number of aromatic nitrogens is 2. The second-order valence-electron chi connectivity index (χ2n) is 6.27. The minimum Gasteiger partial charge on any atom is -0.478 e. The minimum atomic E-state index is -1.09. The van der Waals surface area contributed by atoms with Crippen molar-refractivity contribution in [2.75, 3.05) is 0 Å². The predicted octanol–water partition coefficient (Wildman–Crippen LogP) is 4.52. The fourth-order valence-electron chi connectivity index (χ4n) is 2.26. The molecule has 0 fully saturated rings. The van der Waals surface area contributed by atoms with Crippen LogP contribution in [0.1, 0.15) is 19.7 Å². The monoisotopic (exact) mass is 405 g/mol. The van der Waals surface area contributed by atoms with E-state index in [0.717, 1.165) is 5.56 Å². The van der Waals surface area contributed by atoms with E-state index in [0.29, 0.717) is 21.6 Å². The van der Waals surface area contributed by atoms with E-state index in [4.69, 9.17) is 32.5 Å². The lowest BCUT2D eigenvalue weighted by atomic mass is 10.1. The highest BCUT2D eigenvalue weighted by atomic mass is 35.5. The molecule has 0 radical (unpaired) electrons. The van der Waals surface area contributed by atoms with Crippen molar-refractivity contribution in [3.63, 3.8) is 0 Å². The first-order chi connectivity index (χ1) is 12.8. The third-order valence-electron chi connectivity index (χ3n) is 3.70. The first-order valence-electron chi connectivity index (χ1n) is 8.15. The summed E-state index contributed by atoms with van der Waals surface area (Å²) in [7, 11) is 0. The normalized spacial score (nSPS) is 11.3. The van der Waals surface area contributed by atoms with E-state index in [1.165, 1.54) is 0 Å². The Hall–Kier alpha value is -2.57. The quantitative estimate of drug-likeness (QED) is 0.652. The molecular formula is C19H17Cl2N3O3. The van der Waals surface area contributed by atoms with Gasteiger partial charge in [0, 0.05) is 15.6 Å². The van der Waals surface area contributed by atoms with Crippen molar-refractivity contribution in [2.24, 2.45) is 0 Å². The van der Waals surface area contributed by atoms with Crippen molar-refractivity contribution in [3.05, 3.63) is 64.5 Å². The van der Waals surface area contributed by atoms with Gasteiger partial charge in [-0.1, -0.05) is 28.4 Å². The second kappa shape index (κ2) is 7.98. The Labute approximate surface area is 166 Å². The maximum absolute atomic E-state index is 12.5. The number of benzene rings is 2. The van der Waals surface area contributed by atoms with Crippen molar-refractivity contribution < 1.29 is 14.1 Å². The molecule has 8 heteroatoms. The number of carbonyl (C=O) groups is 1. The molecule has 0 atom stereocenters. The molecule has 1 amide bonds. The van der Waals surface area contributed by atoms with Crippen LogP contribution >= 0.6 is 23.2 Å². The SMILES string of the molecule is CC(C)(Oc1ccc(Cl)cc1)C(=O)NCc1nc(-c2ccc(Cl)cc2)no1. The Morgan fingerprint density at radius 1 is 1.07 bits per heavy atom. The maximum Gasteiger partial charge on any atom is 0.264 e. The summed E-state index contributed by atoms with van der Waals surface area (Å²) in [5, 5.41) is 7.86. The number of amides is 1. The lowest BCUT2D eigenvalue weighted by Crippen LogP contribution is -2.46. The molecule has 140 valence electrons. The van der Waals surface area contributed by atoms with E-state index in [1.54, 1.807) is 62.4 Å². The molecule has 0 aliphatic carbocycles. The van der Waals surface area contributed by atoms with Crippen molar-refractivity contribution in [3.8, 4) is 17.1 Å². The summed E-state index contributed by atoms with van der Waals surface area (Å²) >= 11 is 11.7. The summed E-state index contributed by atoms with van der Waals surface area (Å²) in [6.45, 7) is 3.43. The molecule has 0 unspecified atom stereocenters. The number of ether oxygens (including phenoxy) is 1. The highest BCUT2D eigenvalue weighted by Gasteiger charge is 2.30. The number of nitrogens with one attached hydrogen (secondary N) is 1. The van der Waals surface area contributed by atoms with Gasteiger partial charge in [0.1, 0.15) is 5.75 Å². The summed E-state index contributed by atoms with van der Waals surface area (Å²) < 4.78 is 10.9. The first kappa shape index (κ1) is 19.2. The zero-order valence-corrected chi connectivity index (χ0v) is 16.2. The Balaban J connectivity index is 1.59. The van der Waals surface area contributed by atoms with Crippen LogP contribution in [0.2, 0.25) is 10.0 Å². The number of nitrogens with zero attached hydrogens (tertiary/aromatic N) is 2. The van der Waals surface area contributed by atoms with E-state index < -0.39 is 5.60 Å². The van der Waals surface area contributed by atoms with Gasteiger partial charge in [0.05, 0.1) is 6.54 Å². The Morgan fingerprint density at radius 3 is 2.30 bits per heavy atom. The smallest absolute Gasteiger partial charge is 0.264 e. The van der Waals surface area contributed by atoms with Crippen molar-refractivity contribution in [1.29, 1.82) is 0 Å². The van der Waals surface area contributed by atoms with Crippen molar-refractivity contribution in [2.45, 2.75) is 26.0 Å². The summed E-state index contributed by atoms with van der Waals surface area (Å²) in [5.74, 6) is 0.939. The maximum atomic E-state index is 12.5. The topological polar surface area (TPSA) is 77.2 Å². The van der Waals surface area contributed by atoms with Crippen LogP contribution in [-0.2, 0) is 11.3 Å². The highest BCUT2D eigenvalue weighted by Crippen LogP contribution is 2.21. The summed E-state index contributed by atoms with van der Waals surface area (Å²) in [5.41, 5.74) is -0.320. The molecule has 0 saturated carbocycles. The molecule has 0 bridgehead atoms. The molecule has 1 N–H and O–H groups in total. The first-order valence-corrected chi connectivity index (χ1v) is 8.90. The van der Waals surface area contributed by atoms with Crippen LogP contribution in [-0.4, -0.2) is 21.6 Å². The number of hydrogen-bond acceptors (Lipinski definition) is 5. The largest absolute Gasteiger partial charge is 0.478 e. The molecule has 0 saturated heterocycles. The van der Waals surface area contributed by atoms with Gasteiger partial charge in [-0.15, -0.1) is 0 Å². The lowest BCUT2D eigenvalue weighted by molar-refractivity contribution is -0.134. The molecule has 6 nitrogen and oxygen atoms in total. The fourth-order valence-corrected chi connectivity index (χ4v) is 2.51. The zero-order chi connectivity index (χ0) is 19.4. The molecule has 0 spiro atoms. The van der Waals surface area contributed by atoms with Crippen molar-refractivity contribution >= 4 is 29.1 Å². The summed E-state index contributed by atoms with van der Waals surface area (Å²) in [4.78, 5) is 16.7. The van der Waals surface area contributed by atoms with Gasteiger partial charge in [0.15, 0.2) is 5.60 Å². The predicted molar refractivity (Wildman–Crippen MR) is 103 cm³/mol. The van der Waals surface area contributed by atoms with Crippen LogP contribution in [0.25, 0.3) is 11.4 Å². The number of hydrogen-bond donors (Lipinski definition) is 1. The van der Waals surface area contributed by atoms with Crippen molar-refractivity contribution in [1.82, 2.24) is 15.5 Å². The van der Waals surface area contributed by atoms with Crippen LogP contribution in [0.4, 0.5) is 0 Å². The van der Waals surface area contributed by atoms with Crippen LogP contribution in [0.3, 0.4) is 0 Å². The molecule has 1 heterocycles. The molecule has 2 aromatic carbocycles. The standard InChI is InChI=1S/C19H17Cl2N3O3/c1-19(2,26-15-9-7-14(21)8-10-15)18(25)22-11-16-23-17(24-27-16)12-3-5-13(20)6-4-12/h3-10H,11H2,1-2H3,(H,22,25). The molecule has 3 rings (SSSR count). The van der Waals surface area contributed by atoms with Gasteiger partial charge < -0.3 is 14.6 Å². The average molecular weight is 406 g/mol. The van der Waals surface area contributed by atoms with Crippen LogP contribution in [0.5, 0.6) is 5.75 Å². The van der Waals surface area contributed by atoms with Crippen LogP contribution in [0, 0.1) is 0 Å². The van der Waals surface area contributed by atoms with Gasteiger partial charge in [0.2, 0.25) is 11.7 Å². The number of halogens is 2. The van der Waals surface area contributed by atoms with E-state index in [9.17, 15) is 4.79 Å². The summed E-state index contributed by atoms with van der Waals surface area (Å²) in [6, 6.07) is 13.9. The second-order valence-corrected chi connectivity index (χ2v) is 7.14.